The van der Waals surface area contributed by atoms with Gasteiger partial charge in [-0.2, -0.15) is 0 Å². The molecule has 1 aliphatic rings. The lowest BCUT2D eigenvalue weighted by Crippen LogP contribution is -2.29. The number of benzene rings is 2. The van der Waals surface area contributed by atoms with Crippen molar-refractivity contribution in [2.45, 2.75) is 59.4 Å². The maximum Gasteiger partial charge on any atom is 0.573 e. The first kappa shape index (κ1) is 21.5. The Morgan fingerprint density at radius 1 is 1.10 bits per heavy atom. The third kappa shape index (κ3) is 4.81. The normalized spacial score (nSPS) is 21.3. The molecule has 0 radical (unpaired) electrons. The van der Waals surface area contributed by atoms with Crippen LogP contribution in [0.2, 0.25) is 0 Å². The number of aromatic nitrogens is 2. The van der Waals surface area contributed by atoms with Crippen molar-refractivity contribution >= 4 is 22.7 Å². The van der Waals surface area contributed by atoms with E-state index in [4.69, 9.17) is 4.98 Å². The molecule has 0 spiro atoms. The Morgan fingerprint density at radius 3 is 2.45 bits per heavy atom. The predicted octanol–water partition coefficient (Wildman–Crippen LogP) is 7.37. The van der Waals surface area contributed by atoms with Gasteiger partial charge in [0.05, 0.1) is 11.0 Å². The first-order valence-electron chi connectivity index (χ1n) is 10.6. The van der Waals surface area contributed by atoms with Crippen LogP contribution in [-0.2, 0) is 0 Å². The number of halogens is 3. The van der Waals surface area contributed by atoms with Crippen molar-refractivity contribution in [1.29, 1.82) is 0 Å². The van der Waals surface area contributed by atoms with E-state index in [-0.39, 0.29) is 11.2 Å². The summed E-state index contributed by atoms with van der Waals surface area (Å²) in [5.41, 5.74) is 4.01. The maximum atomic E-state index is 12.4. The number of nitrogens with zero attached hydrogens (tertiary/aromatic N) is 2. The third-order valence-electron chi connectivity index (χ3n) is 5.99. The van der Waals surface area contributed by atoms with E-state index in [1.165, 1.54) is 18.6 Å². The van der Waals surface area contributed by atoms with Crippen molar-refractivity contribution in [3.05, 3.63) is 48.0 Å². The van der Waals surface area contributed by atoms with Gasteiger partial charge in [-0.1, -0.05) is 32.9 Å². The molecule has 0 unspecified atom stereocenters. The second kappa shape index (κ2) is 7.77. The Kier molecular flexibility index (Phi) is 5.40. The quantitative estimate of drug-likeness (QED) is 0.469. The van der Waals surface area contributed by atoms with Crippen LogP contribution in [0, 0.1) is 18.3 Å². The molecule has 0 saturated heterocycles. The molecule has 4 nitrogen and oxygen atoms in total. The van der Waals surface area contributed by atoms with Crippen LogP contribution in [0.15, 0.2) is 42.5 Å². The molecule has 2 atom stereocenters. The van der Waals surface area contributed by atoms with Gasteiger partial charge in [0.2, 0.25) is 5.95 Å². The molecule has 166 valence electrons. The number of para-hydroxylation sites is 1. The fraction of sp³-hybridized carbons (Fsp3) is 0.458. The summed E-state index contributed by atoms with van der Waals surface area (Å²) >= 11 is 0. The van der Waals surface area contributed by atoms with E-state index < -0.39 is 6.36 Å². The number of anilines is 2. The number of nitrogens with one attached hydrogen (secondary N) is 1. The molecule has 7 heteroatoms. The van der Waals surface area contributed by atoms with Gasteiger partial charge < -0.3 is 14.6 Å². The van der Waals surface area contributed by atoms with Gasteiger partial charge >= 0.3 is 6.36 Å². The minimum atomic E-state index is -4.70. The van der Waals surface area contributed by atoms with Gasteiger partial charge in [0.1, 0.15) is 5.75 Å². The highest BCUT2D eigenvalue weighted by atomic mass is 19.4. The molecule has 1 N–H and O–H groups in total. The van der Waals surface area contributed by atoms with Crippen LogP contribution in [0.25, 0.3) is 11.0 Å². The molecule has 0 amide bonds. The Balaban J connectivity index is 1.71. The topological polar surface area (TPSA) is 39.1 Å². The first-order chi connectivity index (χ1) is 14.5. The van der Waals surface area contributed by atoms with E-state index in [0.717, 1.165) is 29.4 Å². The lowest BCUT2D eigenvalue weighted by atomic mass is 9.70. The van der Waals surface area contributed by atoms with Crippen molar-refractivity contribution < 1.29 is 17.9 Å². The third-order valence-corrected chi connectivity index (χ3v) is 5.99. The number of fused-ring (bicyclic) bond motifs is 1. The fourth-order valence-electron chi connectivity index (χ4n) is 5.08. The van der Waals surface area contributed by atoms with Crippen molar-refractivity contribution in [1.82, 2.24) is 9.55 Å². The summed E-state index contributed by atoms with van der Waals surface area (Å²) in [4.78, 5) is 4.88. The van der Waals surface area contributed by atoms with E-state index in [2.05, 4.69) is 41.5 Å². The number of alkyl halides is 3. The fourth-order valence-corrected chi connectivity index (χ4v) is 5.08. The minimum Gasteiger partial charge on any atom is -0.406 e. The zero-order valence-corrected chi connectivity index (χ0v) is 18.3. The summed E-state index contributed by atoms with van der Waals surface area (Å²) in [5, 5.41) is 3.33. The number of rotatable bonds is 4. The average molecular weight is 432 g/mol. The highest BCUT2D eigenvalue weighted by molar-refractivity contribution is 5.83. The second-order valence-corrected chi connectivity index (χ2v) is 9.51. The molecule has 1 aromatic heterocycles. The lowest BCUT2D eigenvalue weighted by molar-refractivity contribution is -0.274. The number of imidazole rings is 1. The maximum absolute atomic E-state index is 12.4. The van der Waals surface area contributed by atoms with Crippen molar-refractivity contribution in [2.24, 2.45) is 11.3 Å². The van der Waals surface area contributed by atoms with Gasteiger partial charge in [-0.3, -0.25) is 0 Å². The molecule has 3 aromatic rings. The zero-order valence-electron chi connectivity index (χ0n) is 18.3. The van der Waals surface area contributed by atoms with Gasteiger partial charge in [-0.15, -0.1) is 13.2 Å². The molecule has 1 saturated carbocycles. The molecule has 1 fully saturated rings. The van der Waals surface area contributed by atoms with Gasteiger partial charge in [-0.05, 0) is 73.4 Å². The van der Waals surface area contributed by atoms with E-state index in [1.807, 2.05) is 19.1 Å². The number of hydrogen-bond donors (Lipinski definition) is 1. The SMILES string of the molecule is Cc1cccc2c1nc(Nc1ccc(OC(F)(F)F)cc1)n2[C@H]1C[C@H](C)CC(C)(C)C1. The number of ether oxygens (including phenoxy) is 1. The molecule has 4 rings (SSSR count). The first-order valence-corrected chi connectivity index (χ1v) is 10.6. The molecule has 1 aliphatic carbocycles. The summed E-state index contributed by atoms with van der Waals surface area (Å²) in [7, 11) is 0. The van der Waals surface area contributed by atoms with Crippen LogP contribution in [0.3, 0.4) is 0 Å². The summed E-state index contributed by atoms with van der Waals surface area (Å²) in [5.74, 6) is 1.07. The molecule has 0 bridgehead atoms. The predicted molar refractivity (Wildman–Crippen MR) is 117 cm³/mol. The summed E-state index contributed by atoms with van der Waals surface area (Å²) < 4.78 is 43.6. The number of aryl methyl sites for hydroxylation is 1. The van der Waals surface area contributed by atoms with Gasteiger partial charge in [0.25, 0.3) is 0 Å². The van der Waals surface area contributed by atoms with Gasteiger partial charge in [0, 0.05) is 11.7 Å². The molecule has 1 heterocycles. The highest BCUT2D eigenvalue weighted by Gasteiger charge is 2.35. The van der Waals surface area contributed by atoms with Crippen LogP contribution in [0.5, 0.6) is 5.75 Å². The summed E-state index contributed by atoms with van der Waals surface area (Å²) in [6, 6.07) is 12.2. The summed E-state index contributed by atoms with van der Waals surface area (Å²) in [6.07, 6.45) is -1.40. The standard InChI is InChI=1S/C24H28F3N3O/c1-15-12-18(14-23(3,4)13-15)30-20-7-5-6-16(2)21(20)29-22(30)28-17-8-10-19(11-9-17)31-24(25,26)27/h5-11,15,18H,12-14H2,1-4H3,(H,28,29)/t15-,18-/m0/s1. The largest absolute Gasteiger partial charge is 0.573 e. The van der Waals surface area contributed by atoms with Crippen molar-refractivity contribution in [3.8, 4) is 5.75 Å². The molecule has 0 aliphatic heterocycles. The molecule has 31 heavy (non-hydrogen) atoms. The lowest BCUT2D eigenvalue weighted by Gasteiger charge is -2.40. The Morgan fingerprint density at radius 2 is 1.81 bits per heavy atom. The smallest absolute Gasteiger partial charge is 0.406 e. The Hall–Kier alpha value is -2.70. The summed E-state index contributed by atoms with van der Waals surface area (Å²) in [6.45, 7) is 8.96. The van der Waals surface area contributed by atoms with Gasteiger partial charge in [-0.25, -0.2) is 4.98 Å². The zero-order chi connectivity index (χ0) is 22.4. The van der Waals surface area contributed by atoms with Crippen LogP contribution in [-0.4, -0.2) is 15.9 Å². The molecule has 2 aromatic carbocycles. The van der Waals surface area contributed by atoms with E-state index >= 15 is 0 Å². The Bertz CT molecular complexity index is 1070. The van der Waals surface area contributed by atoms with E-state index in [1.54, 1.807) is 12.1 Å². The van der Waals surface area contributed by atoms with E-state index in [9.17, 15) is 13.2 Å². The highest BCUT2D eigenvalue weighted by Crippen LogP contribution is 2.46. The van der Waals surface area contributed by atoms with E-state index in [0.29, 0.717) is 23.6 Å². The monoisotopic (exact) mass is 431 g/mol. The van der Waals surface area contributed by atoms with Crippen LogP contribution >= 0.6 is 0 Å². The average Bonchev–Trinajstić information content (AvgIpc) is 3.00. The number of hydrogen-bond acceptors (Lipinski definition) is 3. The molecular formula is C24H28F3N3O. The van der Waals surface area contributed by atoms with Crippen LogP contribution < -0.4 is 10.1 Å². The van der Waals surface area contributed by atoms with Crippen LogP contribution in [0.4, 0.5) is 24.8 Å². The van der Waals surface area contributed by atoms with Crippen molar-refractivity contribution in [3.63, 3.8) is 0 Å². The van der Waals surface area contributed by atoms with Crippen LogP contribution in [0.1, 0.15) is 51.6 Å². The molecular weight excluding hydrogens is 403 g/mol. The van der Waals surface area contributed by atoms with Crippen molar-refractivity contribution in [2.75, 3.05) is 5.32 Å². The van der Waals surface area contributed by atoms with Gasteiger partial charge in [0.15, 0.2) is 0 Å². The second-order valence-electron chi connectivity index (χ2n) is 9.51. The Labute approximate surface area is 180 Å². The minimum absolute atomic E-state index is 0.233.